The molecule has 7 heteroatoms. The van der Waals surface area contributed by atoms with Crippen LogP contribution in [0.2, 0.25) is 0 Å². The van der Waals surface area contributed by atoms with Crippen LogP contribution < -0.4 is 9.47 Å². The summed E-state index contributed by atoms with van der Waals surface area (Å²) in [5.74, 6) is 1.10. The van der Waals surface area contributed by atoms with Crippen LogP contribution in [0.15, 0.2) is 24.3 Å². The molecule has 0 atom stereocenters. The van der Waals surface area contributed by atoms with Crippen LogP contribution in [0.4, 0.5) is 0 Å². The minimum Gasteiger partial charge on any atom is -0.493 e. The second-order valence-electron chi connectivity index (χ2n) is 6.48. The Labute approximate surface area is 163 Å². The van der Waals surface area contributed by atoms with Crippen molar-refractivity contribution in [2.24, 2.45) is 0 Å². The maximum atomic E-state index is 12.8. The van der Waals surface area contributed by atoms with E-state index >= 15 is 0 Å². The molecule has 0 unspecified atom stereocenters. The van der Waals surface area contributed by atoms with Gasteiger partial charge in [0, 0.05) is 41.5 Å². The van der Waals surface area contributed by atoms with Gasteiger partial charge in [-0.1, -0.05) is 0 Å². The molecule has 1 aliphatic rings. The highest BCUT2D eigenvalue weighted by Crippen LogP contribution is 2.28. The molecule has 2 aromatic rings. The zero-order chi connectivity index (χ0) is 19.6. The molecule has 0 radical (unpaired) electrons. The fourth-order valence-electron chi connectivity index (χ4n) is 3.28. The number of hydrogen-bond donors (Lipinski definition) is 0. The third-order valence-corrected chi connectivity index (χ3v) is 5.72. The van der Waals surface area contributed by atoms with E-state index < -0.39 is 0 Å². The molecular formula is C20H24N2O4S. The van der Waals surface area contributed by atoms with E-state index in [-0.39, 0.29) is 11.8 Å². The van der Waals surface area contributed by atoms with Crippen molar-refractivity contribution in [3.63, 3.8) is 0 Å². The average Bonchev–Trinajstić information content (AvgIpc) is 3.04. The first-order valence-electron chi connectivity index (χ1n) is 8.82. The zero-order valence-corrected chi connectivity index (χ0v) is 16.9. The number of rotatable bonds is 4. The maximum Gasteiger partial charge on any atom is 0.255 e. The van der Waals surface area contributed by atoms with E-state index in [1.54, 1.807) is 48.7 Å². The number of ether oxygens (including phenoxy) is 2. The lowest BCUT2D eigenvalue weighted by Crippen LogP contribution is -2.50. The number of benzene rings is 1. The number of hydrogen-bond acceptors (Lipinski definition) is 5. The first-order valence-corrected chi connectivity index (χ1v) is 9.64. The van der Waals surface area contributed by atoms with Crippen molar-refractivity contribution in [1.29, 1.82) is 0 Å². The van der Waals surface area contributed by atoms with Gasteiger partial charge >= 0.3 is 0 Å². The van der Waals surface area contributed by atoms with Gasteiger partial charge < -0.3 is 19.3 Å². The smallest absolute Gasteiger partial charge is 0.255 e. The third-order valence-electron chi connectivity index (χ3n) is 4.76. The van der Waals surface area contributed by atoms with Crippen molar-refractivity contribution in [1.82, 2.24) is 9.80 Å². The van der Waals surface area contributed by atoms with Gasteiger partial charge in [-0.25, -0.2) is 0 Å². The molecule has 0 aliphatic carbocycles. The number of piperazine rings is 1. The first kappa shape index (κ1) is 19.2. The molecule has 1 saturated heterocycles. The van der Waals surface area contributed by atoms with E-state index in [1.807, 2.05) is 24.8 Å². The Bertz CT molecular complexity index is 854. The van der Waals surface area contributed by atoms with Gasteiger partial charge in [0.2, 0.25) is 0 Å². The third kappa shape index (κ3) is 3.93. The number of thiophene rings is 1. The van der Waals surface area contributed by atoms with Gasteiger partial charge in [0.05, 0.1) is 19.8 Å². The van der Waals surface area contributed by atoms with Crippen molar-refractivity contribution in [3.05, 3.63) is 45.1 Å². The predicted octanol–water partition coefficient (Wildman–Crippen LogP) is 2.98. The van der Waals surface area contributed by atoms with E-state index in [2.05, 4.69) is 0 Å². The molecule has 1 aromatic heterocycles. The Balaban J connectivity index is 1.66. The summed E-state index contributed by atoms with van der Waals surface area (Å²) >= 11 is 1.64. The Morgan fingerprint density at radius 1 is 0.889 bits per heavy atom. The van der Waals surface area contributed by atoms with Crippen LogP contribution in [0, 0.1) is 13.8 Å². The standard InChI is InChI=1S/C20H24N2O4S/c1-13-11-16(14(2)27-13)20(24)22-9-7-21(8-10-22)19(23)15-5-6-17(25-3)18(12-15)26-4/h5-6,11-12H,7-10H2,1-4H3. The SMILES string of the molecule is COc1ccc(C(=O)N2CCN(C(=O)c3cc(C)sc3C)CC2)cc1OC. The molecule has 2 amide bonds. The molecule has 144 valence electrons. The summed E-state index contributed by atoms with van der Waals surface area (Å²) in [5, 5.41) is 0. The van der Waals surface area contributed by atoms with E-state index in [1.165, 1.54) is 0 Å². The molecule has 1 aromatic carbocycles. The van der Waals surface area contributed by atoms with Crippen LogP contribution in [0.5, 0.6) is 11.5 Å². The Morgan fingerprint density at radius 3 is 2.00 bits per heavy atom. The molecule has 0 spiro atoms. The number of methoxy groups -OCH3 is 2. The highest BCUT2D eigenvalue weighted by Gasteiger charge is 2.27. The highest BCUT2D eigenvalue weighted by atomic mass is 32.1. The van der Waals surface area contributed by atoms with Crippen molar-refractivity contribution in [3.8, 4) is 11.5 Å². The second-order valence-corrected chi connectivity index (χ2v) is 7.94. The second kappa shape index (κ2) is 8.00. The normalized spacial score (nSPS) is 14.2. The van der Waals surface area contributed by atoms with E-state index in [9.17, 15) is 9.59 Å². The van der Waals surface area contributed by atoms with E-state index in [4.69, 9.17) is 9.47 Å². The fourth-order valence-corrected chi connectivity index (χ4v) is 4.19. The first-order chi connectivity index (χ1) is 12.9. The molecule has 1 aliphatic heterocycles. The number of carbonyl (C=O) groups excluding carboxylic acids is 2. The lowest BCUT2D eigenvalue weighted by atomic mass is 10.1. The Kier molecular flexibility index (Phi) is 5.70. The van der Waals surface area contributed by atoms with Gasteiger partial charge in [-0.2, -0.15) is 0 Å². The maximum absolute atomic E-state index is 12.8. The lowest BCUT2D eigenvalue weighted by Gasteiger charge is -2.35. The minimum atomic E-state index is -0.0642. The zero-order valence-electron chi connectivity index (χ0n) is 16.1. The van der Waals surface area contributed by atoms with Crippen molar-refractivity contribution < 1.29 is 19.1 Å². The summed E-state index contributed by atoms with van der Waals surface area (Å²) in [5.41, 5.74) is 1.33. The molecule has 2 heterocycles. The summed E-state index contributed by atoms with van der Waals surface area (Å²) < 4.78 is 10.5. The Hall–Kier alpha value is -2.54. The summed E-state index contributed by atoms with van der Waals surface area (Å²) in [7, 11) is 3.11. The highest BCUT2D eigenvalue weighted by molar-refractivity contribution is 7.12. The number of nitrogens with zero attached hydrogens (tertiary/aromatic N) is 2. The quantitative estimate of drug-likeness (QED) is 0.808. The van der Waals surface area contributed by atoms with Crippen molar-refractivity contribution in [2.75, 3.05) is 40.4 Å². The van der Waals surface area contributed by atoms with Gasteiger partial charge in [-0.05, 0) is 38.1 Å². The lowest BCUT2D eigenvalue weighted by molar-refractivity contribution is 0.0535. The minimum absolute atomic E-state index is 0.0510. The van der Waals surface area contributed by atoms with Crippen LogP contribution in [0.25, 0.3) is 0 Å². The molecule has 0 saturated carbocycles. The predicted molar refractivity (Wildman–Crippen MR) is 105 cm³/mol. The molecule has 0 N–H and O–H groups in total. The molecule has 27 heavy (non-hydrogen) atoms. The van der Waals surface area contributed by atoms with Gasteiger partial charge in [-0.15, -0.1) is 11.3 Å². The van der Waals surface area contributed by atoms with E-state index in [0.29, 0.717) is 43.2 Å². The number of carbonyl (C=O) groups is 2. The van der Waals surface area contributed by atoms with E-state index in [0.717, 1.165) is 15.3 Å². The van der Waals surface area contributed by atoms with Crippen LogP contribution in [-0.4, -0.2) is 62.0 Å². The average molecular weight is 388 g/mol. The van der Waals surface area contributed by atoms with Crippen LogP contribution in [-0.2, 0) is 0 Å². The molecule has 0 bridgehead atoms. The number of amides is 2. The molecule has 1 fully saturated rings. The van der Waals surface area contributed by atoms with Gasteiger partial charge in [0.15, 0.2) is 11.5 Å². The van der Waals surface area contributed by atoms with Crippen LogP contribution >= 0.6 is 11.3 Å². The monoisotopic (exact) mass is 388 g/mol. The summed E-state index contributed by atoms with van der Waals surface area (Å²) in [4.78, 5) is 31.3. The topological polar surface area (TPSA) is 59.1 Å². The summed E-state index contributed by atoms with van der Waals surface area (Å²) in [6, 6.07) is 7.10. The van der Waals surface area contributed by atoms with Crippen LogP contribution in [0.3, 0.4) is 0 Å². The fraction of sp³-hybridized carbons (Fsp3) is 0.400. The number of aryl methyl sites for hydroxylation is 2. The van der Waals surface area contributed by atoms with Crippen LogP contribution in [0.1, 0.15) is 30.5 Å². The van der Waals surface area contributed by atoms with Gasteiger partial charge in [0.1, 0.15) is 0 Å². The Morgan fingerprint density at radius 2 is 1.48 bits per heavy atom. The van der Waals surface area contributed by atoms with Crippen molar-refractivity contribution >= 4 is 23.2 Å². The summed E-state index contributed by atoms with van der Waals surface area (Å²) in [6.07, 6.45) is 0. The summed E-state index contributed by atoms with van der Waals surface area (Å²) in [6.45, 7) is 6.08. The van der Waals surface area contributed by atoms with Crippen molar-refractivity contribution in [2.45, 2.75) is 13.8 Å². The molecule has 6 nitrogen and oxygen atoms in total. The molecular weight excluding hydrogens is 364 g/mol. The largest absolute Gasteiger partial charge is 0.493 e. The molecule has 3 rings (SSSR count). The van der Waals surface area contributed by atoms with Gasteiger partial charge in [0.25, 0.3) is 11.8 Å². The van der Waals surface area contributed by atoms with Gasteiger partial charge in [-0.3, -0.25) is 9.59 Å².